The lowest BCUT2D eigenvalue weighted by atomic mass is 9.94. The van der Waals surface area contributed by atoms with Gasteiger partial charge in [-0.2, -0.15) is 0 Å². The van der Waals surface area contributed by atoms with Gasteiger partial charge in [-0.3, -0.25) is 23.5 Å². The van der Waals surface area contributed by atoms with Gasteiger partial charge in [-0.1, -0.05) is 158 Å². The molecule has 1 N–H and O–H groups in total. The molecule has 350 valence electrons. The fourth-order valence-corrected chi connectivity index (χ4v) is 11.2. The molecule has 1 unspecified atom stereocenters. The van der Waals surface area contributed by atoms with Gasteiger partial charge in [0.25, 0.3) is 5.56 Å². The molecule has 0 spiro atoms. The third kappa shape index (κ3) is 6.54. The number of aliphatic hydroxyl groups is 1. The van der Waals surface area contributed by atoms with Crippen molar-refractivity contribution in [2.75, 3.05) is 4.90 Å². The SMILES string of the molecule is O=C1N(c2ccccc2)C(O)c2cccc3c4cc(-c5cccc(-c6cccc(-c7ccc(-c8cc9c(=O)c%10cc(-c%11ccccc%11)ccc%10n%10c(=O)n(-c%11ccccc%11)c(=O)c(c8)c9%10)cc7)c6)c5)ccc4n1c23. The van der Waals surface area contributed by atoms with Crippen molar-refractivity contribution in [2.45, 2.75) is 6.23 Å². The summed E-state index contributed by atoms with van der Waals surface area (Å²) in [7, 11) is 0. The Morgan fingerprint density at radius 3 is 1.47 bits per heavy atom. The zero-order valence-electron chi connectivity index (χ0n) is 39.4. The van der Waals surface area contributed by atoms with Crippen molar-refractivity contribution in [1.82, 2.24) is 13.5 Å². The second-order valence-electron chi connectivity index (χ2n) is 18.9. The van der Waals surface area contributed by atoms with E-state index in [0.717, 1.165) is 66.4 Å². The number of carbonyl (C=O) groups excluding carboxylic acids is 1. The fourth-order valence-electron chi connectivity index (χ4n) is 11.2. The molecule has 9 heteroatoms. The van der Waals surface area contributed by atoms with E-state index in [0.29, 0.717) is 49.8 Å². The van der Waals surface area contributed by atoms with E-state index in [4.69, 9.17) is 0 Å². The first-order chi connectivity index (χ1) is 36.3. The largest absolute Gasteiger partial charge is 0.369 e. The second kappa shape index (κ2) is 16.6. The van der Waals surface area contributed by atoms with Crippen LogP contribution in [0.2, 0.25) is 0 Å². The molecular weight excluding hydrogens is 917 g/mol. The number of aliphatic hydroxyl groups excluding tert-OH is 1. The number of aromatic nitrogens is 3. The van der Waals surface area contributed by atoms with E-state index in [1.165, 1.54) is 13.9 Å². The van der Waals surface area contributed by atoms with Gasteiger partial charge >= 0.3 is 11.7 Å². The summed E-state index contributed by atoms with van der Waals surface area (Å²) in [5.41, 5.74) is 12.0. The number of carbonyl (C=O) groups is 1. The number of nitrogens with zero attached hydrogens (tertiary/aromatic N) is 4. The summed E-state index contributed by atoms with van der Waals surface area (Å²) in [4.78, 5) is 59.4. The maximum absolute atomic E-state index is 14.7. The van der Waals surface area contributed by atoms with Crippen molar-refractivity contribution in [1.29, 1.82) is 0 Å². The molecule has 0 saturated heterocycles. The van der Waals surface area contributed by atoms with Crippen LogP contribution in [0.1, 0.15) is 11.8 Å². The molecule has 4 heterocycles. The van der Waals surface area contributed by atoms with Gasteiger partial charge in [0.1, 0.15) is 0 Å². The van der Waals surface area contributed by atoms with Gasteiger partial charge < -0.3 is 5.11 Å². The predicted molar refractivity (Wildman–Crippen MR) is 297 cm³/mol. The summed E-state index contributed by atoms with van der Waals surface area (Å²) in [6.45, 7) is 0. The highest BCUT2D eigenvalue weighted by molar-refractivity contribution is 6.18. The summed E-state index contributed by atoms with van der Waals surface area (Å²) in [6.07, 6.45) is -1.13. The molecule has 14 rings (SSSR count). The molecule has 9 nitrogen and oxygen atoms in total. The molecule has 1 aliphatic heterocycles. The highest BCUT2D eigenvalue weighted by Gasteiger charge is 2.36. The number of amides is 1. The number of benzene rings is 10. The van der Waals surface area contributed by atoms with Crippen LogP contribution in [0.15, 0.2) is 245 Å². The highest BCUT2D eigenvalue weighted by atomic mass is 16.3. The number of fused-ring (bicyclic) bond motifs is 5. The summed E-state index contributed by atoms with van der Waals surface area (Å²) in [6, 6.07) is 73.7. The van der Waals surface area contributed by atoms with Crippen molar-refractivity contribution in [3.63, 3.8) is 0 Å². The first-order valence-corrected chi connectivity index (χ1v) is 24.4. The average Bonchev–Trinajstić information content (AvgIpc) is 3.81. The Balaban J connectivity index is 0.825. The molecule has 0 aliphatic carbocycles. The van der Waals surface area contributed by atoms with Crippen LogP contribution in [-0.4, -0.2) is 24.7 Å². The molecule has 0 radical (unpaired) electrons. The van der Waals surface area contributed by atoms with E-state index in [9.17, 15) is 24.3 Å². The molecule has 0 fully saturated rings. The number of anilines is 1. The Kier molecular flexibility index (Phi) is 9.60. The zero-order valence-corrected chi connectivity index (χ0v) is 39.4. The lowest BCUT2D eigenvalue weighted by molar-refractivity contribution is 0.167. The van der Waals surface area contributed by atoms with Crippen LogP contribution in [0.3, 0.4) is 0 Å². The highest BCUT2D eigenvalue weighted by Crippen LogP contribution is 2.42. The third-order valence-corrected chi connectivity index (χ3v) is 14.7. The Hall–Kier alpha value is -9.96. The maximum Gasteiger partial charge on any atom is 0.340 e. The predicted octanol–water partition coefficient (Wildman–Crippen LogP) is 13.5. The van der Waals surface area contributed by atoms with Gasteiger partial charge in [0.05, 0.1) is 33.1 Å². The van der Waals surface area contributed by atoms with E-state index in [1.54, 1.807) is 47.0 Å². The molecule has 10 aromatic carbocycles. The van der Waals surface area contributed by atoms with E-state index in [-0.39, 0.29) is 16.8 Å². The van der Waals surface area contributed by atoms with Crippen molar-refractivity contribution >= 4 is 60.7 Å². The average molecular weight is 957 g/mol. The number of hydrogen-bond donors (Lipinski definition) is 1. The zero-order chi connectivity index (χ0) is 49.8. The first-order valence-electron chi connectivity index (χ1n) is 24.4. The smallest absolute Gasteiger partial charge is 0.340 e. The lowest BCUT2D eigenvalue weighted by Crippen LogP contribution is -2.41. The molecule has 0 bridgehead atoms. The van der Waals surface area contributed by atoms with Crippen LogP contribution in [0, 0.1) is 0 Å². The van der Waals surface area contributed by atoms with Crippen LogP contribution < -0.4 is 21.6 Å². The minimum Gasteiger partial charge on any atom is -0.369 e. The molecule has 74 heavy (non-hydrogen) atoms. The Labute approximate surface area is 421 Å². The second-order valence-corrected chi connectivity index (χ2v) is 18.9. The topological polar surface area (TPSA) is 106 Å². The summed E-state index contributed by atoms with van der Waals surface area (Å²) in [5.74, 6) is 0. The van der Waals surface area contributed by atoms with E-state index in [1.807, 2.05) is 140 Å². The molecule has 0 saturated carbocycles. The molecule has 1 aliphatic rings. The Morgan fingerprint density at radius 2 is 0.811 bits per heavy atom. The Morgan fingerprint density at radius 1 is 0.338 bits per heavy atom. The molecule has 3 aromatic heterocycles. The van der Waals surface area contributed by atoms with Crippen molar-refractivity contribution < 1.29 is 9.90 Å². The van der Waals surface area contributed by atoms with Crippen LogP contribution in [0.5, 0.6) is 0 Å². The van der Waals surface area contributed by atoms with Crippen LogP contribution in [-0.2, 0) is 0 Å². The molecule has 13 aromatic rings. The number of pyridine rings is 1. The van der Waals surface area contributed by atoms with Crippen LogP contribution in [0.4, 0.5) is 10.5 Å². The van der Waals surface area contributed by atoms with Gasteiger partial charge in [0.2, 0.25) is 0 Å². The summed E-state index contributed by atoms with van der Waals surface area (Å²) < 4.78 is 4.43. The number of para-hydroxylation sites is 3. The van der Waals surface area contributed by atoms with Gasteiger partial charge in [0.15, 0.2) is 11.7 Å². The summed E-state index contributed by atoms with van der Waals surface area (Å²) in [5, 5.41) is 14.3. The third-order valence-electron chi connectivity index (χ3n) is 14.7. The maximum atomic E-state index is 14.7. The van der Waals surface area contributed by atoms with E-state index in [2.05, 4.69) is 48.5 Å². The lowest BCUT2D eigenvalue weighted by Gasteiger charge is -2.33. The van der Waals surface area contributed by atoms with Gasteiger partial charge in [-0.25, -0.2) is 14.2 Å². The summed E-state index contributed by atoms with van der Waals surface area (Å²) >= 11 is 0. The number of rotatable bonds is 7. The van der Waals surface area contributed by atoms with Crippen molar-refractivity contribution in [2.24, 2.45) is 0 Å². The molecule has 1 atom stereocenters. The van der Waals surface area contributed by atoms with Gasteiger partial charge in [-0.15, -0.1) is 0 Å². The van der Waals surface area contributed by atoms with Crippen molar-refractivity contribution in [3.05, 3.63) is 267 Å². The Bertz CT molecular complexity index is 4640. The fraction of sp³-hybridized carbons (Fsp3) is 0.0154. The monoisotopic (exact) mass is 956 g/mol. The van der Waals surface area contributed by atoms with Gasteiger partial charge in [0, 0.05) is 32.8 Å². The van der Waals surface area contributed by atoms with Crippen molar-refractivity contribution in [3.8, 4) is 61.3 Å². The van der Waals surface area contributed by atoms with Crippen LogP contribution in [0.25, 0.3) is 110 Å². The molecule has 1 amide bonds. The quantitative estimate of drug-likeness (QED) is 0.126. The van der Waals surface area contributed by atoms with Crippen LogP contribution >= 0.6 is 0 Å². The normalized spacial score (nSPS) is 13.5. The number of hydrogen-bond acceptors (Lipinski definition) is 5. The minimum atomic E-state index is -1.13. The standard InChI is InChI=1S/C65H40N4O5/c70-61-54-36-46(39-13-4-1-5-14-39)29-32-58(54)69-60-55(61)37-48(38-56(60)63(72)67(65(69)74)50-21-8-3-9-22-50)41-27-25-40(26-28-41)42-15-10-16-43(33-42)44-17-11-18-45(34-44)47-30-31-57-53(35-47)51-23-12-24-52-59(51)68(57)64(73)66(62(52)71)49-19-6-2-7-20-49/h1-38,62,71H. The van der Waals surface area contributed by atoms with E-state index >= 15 is 0 Å². The van der Waals surface area contributed by atoms with Gasteiger partial charge in [-0.05, 0) is 128 Å². The van der Waals surface area contributed by atoms with E-state index < -0.39 is 17.5 Å². The minimum absolute atomic E-state index is 0.256. The molecular formula is C65H40N4O5. The first kappa shape index (κ1) is 42.9.